The molecule has 0 unspecified atom stereocenters. The Hall–Kier alpha value is -3.42. The lowest BCUT2D eigenvalue weighted by Gasteiger charge is -2.38. The van der Waals surface area contributed by atoms with Gasteiger partial charge in [0, 0.05) is 37.6 Å². The Morgan fingerprint density at radius 1 is 1.06 bits per heavy atom. The molecule has 0 spiro atoms. The van der Waals surface area contributed by atoms with Gasteiger partial charge in [-0.25, -0.2) is 9.38 Å². The molecule has 0 aromatic heterocycles. The van der Waals surface area contributed by atoms with Gasteiger partial charge in [-0.3, -0.25) is 14.9 Å². The summed E-state index contributed by atoms with van der Waals surface area (Å²) in [6, 6.07) is 13.3. The molecule has 4 rings (SSSR count). The fourth-order valence-corrected chi connectivity index (χ4v) is 3.77. The largest absolute Gasteiger partial charge is 0.368 e. The third-order valence-electron chi connectivity index (χ3n) is 5.61. The summed E-state index contributed by atoms with van der Waals surface area (Å²) in [5.74, 6) is -0.322. The van der Waals surface area contributed by atoms with Crippen molar-refractivity contribution in [3.8, 4) is 0 Å². The molecular formula is C23H26FN5O2. The number of halogens is 1. The highest BCUT2D eigenvalue weighted by atomic mass is 19.1. The molecule has 31 heavy (non-hydrogen) atoms. The van der Waals surface area contributed by atoms with Crippen LogP contribution in [-0.2, 0) is 16.0 Å². The number of rotatable bonds is 4. The molecule has 0 saturated carbocycles. The zero-order valence-electron chi connectivity index (χ0n) is 17.5. The molecule has 8 heteroatoms. The predicted molar refractivity (Wildman–Crippen MR) is 119 cm³/mol. The van der Waals surface area contributed by atoms with Crippen molar-refractivity contribution >= 4 is 29.1 Å². The van der Waals surface area contributed by atoms with E-state index in [0.717, 1.165) is 12.1 Å². The molecule has 1 atom stereocenters. The number of anilines is 2. The van der Waals surface area contributed by atoms with Gasteiger partial charge in [-0.15, -0.1) is 0 Å². The molecule has 2 aromatic carbocycles. The maximum atomic E-state index is 13.2. The van der Waals surface area contributed by atoms with Gasteiger partial charge in [-0.05, 0) is 48.4 Å². The first-order chi connectivity index (χ1) is 15.0. The quantitative estimate of drug-likeness (QED) is 0.792. The van der Waals surface area contributed by atoms with Crippen LogP contribution in [0.2, 0.25) is 0 Å². The van der Waals surface area contributed by atoms with Gasteiger partial charge in [0.1, 0.15) is 11.9 Å². The van der Waals surface area contributed by atoms with Crippen molar-refractivity contribution in [2.75, 3.05) is 36.4 Å². The number of amides is 2. The van der Waals surface area contributed by atoms with E-state index in [0.29, 0.717) is 37.8 Å². The van der Waals surface area contributed by atoms with Crippen molar-refractivity contribution in [1.82, 2.24) is 10.2 Å². The third-order valence-corrected chi connectivity index (χ3v) is 5.61. The summed E-state index contributed by atoms with van der Waals surface area (Å²) in [7, 11) is 0. The Labute approximate surface area is 180 Å². The second kappa shape index (κ2) is 9.16. The molecule has 0 radical (unpaired) electrons. The summed E-state index contributed by atoms with van der Waals surface area (Å²) in [5.41, 5.74) is 2.84. The average molecular weight is 423 g/mol. The van der Waals surface area contributed by atoms with Crippen LogP contribution >= 0.6 is 0 Å². The maximum Gasteiger partial charge on any atom is 0.249 e. The van der Waals surface area contributed by atoms with Crippen LogP contribution in [0.5, 0.6) is 0 Å². The summed E-state index contributed by atoms with van der Waals surface area (Å²) in [6.45, 7) is 4.78. The van der Waals surface area contributed by atoms with Crippen LogP contribution in [0, 0.1) is 5.82 Å². The molecule has 1 saturated heterocycles. The summed E-state index contributed by atoms with van der Waals surface area (Å²) < 4.78 is 13.2. The van der Waals surface area contributed by atoms with Gasteiger partial charge < -0.3 is 15.1 Å². The van der Waals surface area contributed by atoms with Crippen molar-refractivity contribution in [1.29, 1.82) is 0 Å². The van der Waals surface area contributed by atoms with Gasteiger partial charge >= 0.3 is 0 Å². The van der Waals surface area contributed by atoms with Gasteiger partial charge in [-0.1, -0.05) is 19.1 Å². The predicted octanol–water partition coefficient (Wildman–Crippen LogP) is 2.39. The van der Waals surface area contributed by atoms with Crippen molar-refractivity contribution in [3.63, 3.8) is 0 Å². The van der Waals surface area contributed by atoms with Crippen LogP contribution in [-0.4, -0.2) is 54.9 Å². The number of nitrogens with one attached hydrogen (secondary N) is 2. The maximum absolute atomic E-state index is 13.2. The van der Waals surface area contributed by atoms with Crippen LogP contribution in [0.4, 0.5) is 15.8 Å². The summed E-state index contributed by atoms with van der Waals surface area (Å²) in [6.07, 6.45) is 0.955. The molecule has 7 nitrogen and oxygen atoms in total. The number of benzene rings is 2. The van der Waals surface area contributed by atoms with Crippen LogP contribution < -0.4 is 15.5 Å². The Bertz CT molecular complexity index is 966. The van der Waals surface area contributed by atoms with Crippen LogP contribution in [0.1, 0.15) is 18.9 Å². The second-order valence-electron chi connectivity index (χ2n) is 7.71. The zero-order chi connectivity index (χ0) is 21.8. The molecule has 0 bridgehead atoms. The number of aryl methyl sites for hydroxylation is 1. The number of guanidine groups is 1. The van der Waals surface area contributed by atoms with Crippen molar-refractivity contribution in [3.05, 3.63) is 59.9 Å². The highest BCUT2D eigenvalue weighted by molar-refractivity contribution is 6.06. The molecule has 2 aliphatic rings. The first-order valence-electron chi connectivity index (χ1n) is 10.5. The van der Waals surface area contributed by atoms with E-state index in [1.54, 1.807) is 12.1 Å². The molecular weight excluding hydrogens is 397 g/mol. The van der Waals surface area contributed by atoms with E-state index in [2.05, 4.69) is 27.4 Å². The third kappa shape index (κ3) is 5.02. The second-order valence-corrected chi connectivity index (χ2v) is 7.71. The molecule has 2 heterocycles. The number of hydrogen-bond donors (Lipinski definition) is 2. The first kappa shape index (κ1) is 20.8. The smallest absolute Gasteiger partial charge is 0.249 e. The summed E-state index contributed by atoms with van der Waals surface area (Å²) >= 11 is 0. The Kier molecular flexibility index (Phi) is 6.16. The molecule has 1 fully saturated rings. The lowest BCUT2D eigenvalue weighted by atomic mass is 10.1. The van der Waals surface area contributed by atoms with E-state index in [-0.39, 0.29) is 24.1 Å². The number of hydrogen-bond acceptors (Lipinski definition) is 5. The van der Waals surface area contributed by atoms with E-state index < -0.39 is 6.04 Å². The lowest BCUT2D eigenvalue weighted by molar-refractivity contribution is -0.125. The summed E-state index contributed by atoms with van der Waals surface area (Å²) in [5, 5.41) is 5.66. The Balaban J connectivity index is 1.39. The van der Waals surface area contributed by atoms with Crippen LogP contribution in [0.15, 0.2) is 53.5 Å². The average Bonchev–Trinajstić information content (AvgIpc) is 2.80. The van der Waals surface area contributed by atoms with E-state index >= 15 is 0 Å². The van der Waals surface area contributed by atoms with Crippen LogP contribution in [0.3, 0.4) is 0 Å². The van der Waals surface area contributed by atoms with Crippen molar-refractivity contribution < 1.29 is 14.0 Å². The molecule has 2 aliphatic heterocycles. The first-order valence-corrected chi connectivity index (χ1v) is 10.5. The van der Waals surface area contributed by atoms with E-state index in [1.807, 2.05) is 29.2 Å². The molecule has 0 aliphatic carbocycles. The number of carbonyl (C=O) groups is 2. The molecule has 2 aromatic rings. The topological polar surface area (TPSA) is 77.0 Å². The highest BCUT2D eigenvalue weighted by Crippen LogP contribution is 2.18. The van der Waals surface area contributed by atoms with E-state index in [1.165, 1.54) is 17.7 Å². The SMILES string of the molecule is CCc1ccc(NC(=O)[C@H]2CC(=O)NC(N3CCN(c4ccc(F)cc4)CC3)=N2)cc1. The molecule has 2 N–H and O–H groups in total. The standard InChI is InChI=1S/C23H26FN5O2/c1-2-16-3-7-18(8-4-16)25-22(31)20-15-21(30)27-23(26-20)29-13-11-28(12-14-29)19-9-5-17(24)6-10-19/h3-10,20H,2,11-15H2,1H3,(H,25,31)(H,26,27,30)/t20-/m1/s1. The minimum atomic E-state index is -0.760. The number of carbonyl (C=O) groups excluding carboxylic acids is 2. The van der Waals surface area contributed by atoms with Gasteiger partial charge in [0.05, 0.1) is 6.42 Å². The highest BCUT2D eigenvalue weighted by Gasteiger charge is 2.30. The van der Waals surface area contributed by atoms with Crippen molar-refractivity contribution in [2.45, 2.75) is 25.8 Å². The molecule has 2 amide bonds. The minimum Gasteiger partial charge on any atom is -0.368 e. The number of nitrogens with zero attached hydrogens (tertiary/aromatic N) is 3. The van der Waals surface area contributed by atoms with Gasteiger partial charge in [-0.2, -0.15) is 0 Å². The Morgan fingerprint density at radius 3 is 2.35 bits per heavy atom. The van der Waals surface area contributed by atoms with Crippen molar-refractivity contribution in [2.24, 2.45) is 4.99 Å². The lowest BCUT2D eigenvalue weighted by Crippen LogP contribution is -2.56. The van der Waals surface area contributed by atoms with Crippen LogP contribution in [0.25, 0.3) is 0 Å². The van der Waals surface area contributed by atoms with Gasteiger partial charge in [0.25, 0.3) is 0 Å². The van der Waals surface area contributed by atoms with Gasteiger partial charge in [0.15, 0.2) is 0 Å². The number of piperazine rings is 1. The normalized spacial score (nSPS) is 19.0. The fourth-order valence-electron chi connectivity index (χ4n) is 3.77. The zero-order valence-corrected chi connectivity index (χ0v) is 17.5. The Morgan fingerprint density at radius 2 is 1.71 bits per heavy atom. The van der Waals surface area contributed by atoms with E-state index in [4.69, 9.17) is 0 Å². The summed E-state index contributed by atoms with van der Waals surface area (Å²) in [4.78, 5) is 33.6. The minimum absolute atomic E-state index is 0.0257. The fraction of sp³-hybridized carbons (Fsp3) is 0.348. The van der Waals surface area contributed by atoms with E-state index in [9.17, 15) is 14.0 Å². The van der Waals surface area contributed by atoms with Gasteiger partial charge in [0.2, 0.25) is 17.8 Å². The number of aliphatic imine (C=N–C) groups is 1. The molecule has 162 valence electrons. The monoisotopic (exact) mass is 423 g/mol.